The van der Waals surface area contributed by atoms with Gasteiger partial charge in [0.1, 0.15) is 18.1 Å². The number of hydrogen-bond acceptors (Lipinski definition) is 8. The summed E-state index contributed by atoms with van der Waals surface area (Å²) >= 11 is 7.51. The van der Waals surface area contributed by atoms with Gasteiger partial charge in [-0.1, -0.05) is 37.6 Å². The molecule has 11 nitrogen and oxygen atoms in total. The summed E-state index contributed by atoms with van der Waals surface area (Å²) in [4.78, 5) is 28.4. The molecule has 3 aromatic heterocycles. The highest BCUT2D eigenvalue weighted by Crippen LogP contribution is 2.34. The lowest BCUT2D eigenvalue weighted by atomic mass is 10.2. The number of benzene rings is 1. The summed E-state index contributed by atoms with van der Waals surface area (Å²) in [5.41, 5.74) is 1.34. The maximum atomic E-state index is 13.3. The number of rotatable bonds is 9. The Bertz CT molecular complexity index is 1460. The van der Waals surface area contributed by atoms with E-state index in [1.54, 1.807) is 11.6 Å². The van der Waals surface area contributed by atoms with E-state index in [2.05, 4.69) is 28.7 Å². The molecule has 4 aromatic rings. The molecular weight excluding hydrogens is 532 g/mol. The summed E-state index contributed by atoms with van der Waals surface area (Å²) in [5.74, 6) is -3.33. The summed E-state index contributed by atoms with van der Waals surface area (Å²) in [6.07, 6.45) is 1.67. The van der Waals surface area contributed by atoms with E-state index < -0.39 is 21.8 Å². The Labute approximate surface area is 215 Å². The van der Waals surface area contributed by atoms with Crippen LogP contribution < -0.4 is 4.74 Å². The number of carboxylic acids is 2. The molecule has 3 heterocycles. The van der Waals surface area contributed by atoms with Crippen LogP contribution in [-0.4, -0.2) is 76.1 Å². The van der Waals surface area contributed by atoms with Gasteiger partial charge in [-0.25, -0.2) is 23.0 Å². The zero-order valence-corrected chi connectivity index (χ0v) is 21.9. The van der Waals surface area contributed by atoms with Crippen molar-refractivity contribution < 1.29 is 33.0 Å². The van der Waals surface area contributed by atoms with Crippen LogP contribution in [0.1, 0.15) is 19.5 Å². The molecule has 0 fully saturated rings. The van der Waals surface area contributed by atoms with Gasteiger partial charge in [0, 0.05) is 29.0 Å². The third-order valence-corrected chi connectivity index (χ3v) is 8.05. The van der Waals surface area contributed by atoms with Gasteiger partial charge in [-0.15, -0.1) is 11.3 Å². The highest BCUT2D eigenvalue weighted by atomic mass is 35.5. The second-order valence-corrected chi connectivity index (χ2v) is 10.6. The third kappa shape index (κ3) is 6.16. The van der Waals surface area contributed by atoms with Gasteiger partial charge in [0.15, 0.2) is 15.1 Å². The SMILES string of the molecule is CCN(CC)CCOc1c(CS(=O)(=O)c2c(Cl)nc3sccn23)[nH]c2ccccc12.O=C(O)C(=O)O. The number of H-pyrrole nitrogens is 1. The van der Waals surface area contributed by atoms with Gasteiger partial charge in [-0.05, 0) is 25.2 Å². The Morgan fingerprint density at radius 1 is 1.19 bits per heavy atom. The highest BCUT2D eigenvalue weighted by molar-refractivity contribution is 7.90. The van der Waals surface area contributed by atoms with Crippen LogP contribution in [0.4, 0.5) is 0 Å². The van der Waals surface area contributed by atoms with E-state index in [1.165, 1.54) is 15.7 Å². The number of halogens is 1. The molecule has 0 amide bonds. The maximum Gasteiger partial charge on any atom is 0.414 e. The van der Waals surface area contributed by atoms with Gasteiger partial charge in [0.2, 0.25) is 9.84 Å². The van der Waals surface area contributed by atoms with Crippen molar-refractivity contribution in [3.05, 3.63) is 46.7 Å². The minimum Gasteiger partial charge on any atom is -0.490 e. The summed E-state index contributed by atoms with van der Waals surface area (Å²) in [6, 6.07) is 7.65. The van der Waals surface area contributed by atoms with Crippen molar-refractivity contribution in [2.24, 2.45) is 0 Å². The molecule has 0 atom stereocenters. The number of ether oxygens (including phenoxy) is 1. The summed E-state index contributed by atoms with van der Waals surface area (Å²) in [7, 11) is -3.76. The van der Waals surface area contributed by atoms with Crippen LogP contribution in [0, 0.1) is 0 Å². The molecule has 0 aliphatic rings. The third-order valence-electron chi connectivity index (χ3n) is 5.27. The molecule has 0 spiro atoms. The molecule has 194 valence electrons. The zero-order chi connectivity index (χ0) is 26.5. The van der Waals surface area contributed by atoms with E-state index >= 15 is 0 Å². The van der Waals surface area contributed by atoms with Gasteiger partial charge >= 0.3 is 11.9 Å². The molecule has 0 unspecified atom stereocenters. The largest absolute Gasteiger partial charge is 0.490 e. The van der Waals surface area contributed by atoms with Crippen molar-refractivity contribution in [2.75, 3.05) is 26.2 Å². The van der Waals surface area contributed by atoms with Crippen molar-refractivity contribution in [2.45, 2.75) is 24.6 Å². The average molecular weight is 557 g/mol. The molecule has 1 aromatic carbocycles. The minimum absolute atomic E-state index is 0.00756. The Morgan fingerprint density at radius 2 is 1.86 bits per heavy atom. The normalized spacial score (nSPS) is 11.6. The fourth-order valence-electron chi connectivity index (χ4n) is 3.53. The first kappa shape index (κ1) is 27.5. The Balaban J connectivity index is 0.000000538. The molecule has 0 radical (unpaired) electrons. The topological polar surface area (TPSA) is 154 Å². The number of carbonyl (C=O) groups is 2. The van der Waals surface area contributed by atoms with Gasteiger partial charge in [0.25, 0.3) is 0 Å². The van der Waals surface area contributed by atoms with Gasteiger partial charge < -0.3 is 24.8 Å². The summed E-state index contributed by atoms with van der Waals surface area (Å²) in [5, 5.41) is 17.4. The number of aromatic amines is 1. The Kier molecular flexibility index (Phi) is 8.95. The lowest BCUT2D eigenvalue weighted by molar-refractivity contribution is -0.159. The summed E-state index contributed by atoms with van der Waals surface area (Å²) < 4.78 is 34.2. The number of nitrogens with one attached hydrogen (secondary N) is 1. The number of imidazole rings is 1. The number of thiazole rings is 1. The Hall–Kier alpha value is -3.13. The zero-order valence-electron chi connectivity index (χ0n) is 19.5. The average Bonchev–Trinajstić information content (AvgIpc) is 3.49. The molecule has 36 heavy (non-hydrogen) atoms. The lowest BCUT2D eigenvalue weighted by Gasteiger charge is -2.18. The van der Waals surface area contributed by atoms with Crippen LogP contribution in [0.2, 0.25) is 5.15 Å². The van der Waals surface area contributed by atoms with E-state index in [-0.39, 0.29) is 15.9 Å². The van der Waals surface area contributed by atoms with Gasteiger partial charge in [-0.3, -0.25) is 4.40 Å². The van der Waals surface area contributed by atoms with Crippen molar-refractivity contribution in [1.82, 2.24) is 19.3 Å². The Morgan fingerprint density at radius 3 is 2.50 bits per heavy atom. The highest BCUT2D eigenvalue weighted by Gasteiger charge is 2.28. The predicted octanol–water partition coefficient (Wildman–Crippen LogP) is 3.38. The van der Waals surface area contributed by atoms with Crippen LogP contribution in [0.5, 0.6) is 5.75 Å². The number of aliphatic carboxylic acids is 2. The minimum atomic E-state index is -3.76. The van der Waals surface area contributed by atoms with Gasteiger partial charge in [-0.2, -0.15) is 0 Å². The van der Waals surface area contributed by atoms with Crippen LogP contribution in [-0.2, 0) is 25.2 Å². The monoisotopic (exact) mass is 556 g/mol. The quantitative estimate of drug-likeness (QED) is 0.263. The van der Waals surface area contributed by atoms with E-state index in [4.69, 9.17) is 36.1 Å². The standard InChI is InChI=1S/C20H23ClN4O3S2.C2H2O4/c1-3-24(4-2)9-11-28-17-14-7-5-6-8-15(14)22-16(17)13-30(26,27)19-18(21)23-20-25(19)10-12-29-20;3-1(4)2(5)6/h5-8,10,12,22H,3-4,9,11,13H2,1-2H3;(H,3,4)(H,5,6). The molecular formula is C22H25ClN4O7S2. The number of carboxylic acid groups (broad SMARTS) is 2. The van der Waals surface area contributed by atoms with E-state index in [1.807, 2.05) is 24.3 Å². The molecule has 4 rings (SSSR count). The molecule has 0 saturated carbocycles. The first-order chi connectivity index (χ1) is 17.1. The fourth-order valence-corrected chi connectivity index (χ4v) is 6.35. The van der Waals surface area contributed by atoms with Crippen LogP contribution in [0.3, 0.4) is 0 Å². The van der Waals surface area contributed by atoms with Crippen molar-refractivity contribution in [3.63, 3.8) is 0 Å². The van der Waals surface area contributed by atoms with Crippen LogP contribution >= 0.6 is 22.9 Å². The number of para-hydroxylation sites is 1. The first-order valence-electron chi connectivity index (χ1n) is 10.8. The van der Waals surface area contributed by atoms with Crippen molar-refractivity contribution >= 4 is 60.6 Å². The lowest BCUT2D eigenvalue weighted by Crippen LogP contribution is -2.28. The first-order valence-corrected chi connectivity index (χ1v) is 13.7. The summed E-state index contributed by atoms with van der Waals surface area (Å²) in [6.45, 7) is 7.32. The molecule has 3 N–H and O–H groups in total. The van der Waals surface area contributed by atoms with Gasteiger partial charge in [0.05, 0.1) is 5.69 Å². The van der Waals surface area contributed by atoms with Crippen molar-refractivity contribution in [3.8, 4) is 5.75 Å². The second kappa shape index (κ2) is 11.7. The molecule has 0 saturated heterocycles. The number of fused-ring (bicyclic) bond motifs is 2. The number of sulfone groups is 1. The smallest absolute Gasteiger partial charge is 0.414 e. The fraction of sp³-hybridized carbons (Fsp3) is 0.318. The number of aromatic nitrogens is 3. The second-order valence-electron chi connectivity index (χ2n) is 7.49. The maximum absolute atomic E-state index is 13.3. The van der Waals surface area contributed by atoms with Crippen molar-refractivity contribution in [1.29, 1.82) is 0 Å². The van der Waals surface area contributed by atoms with Crippen LogP contribution in [0.25, 0.3) is 15.9 Å². The van der Waals surface area contributed by atoms with Crippen LogP contribution in [0.15, 0.2) is 40.9 Å². The molecule has 0 aliphatic carbocycles. The molecule has 14 heteroatoms. The predicted molar refractivity (Wildman–Crippen MR) is 136 cm³/mol. The van der Waals surface area contributed by atoms with E-state index in [9.17, 15) is 8.42 Å². The molecule has 0 bridgehead atoms. The number of nitrogens with zero attached hydrogens (tertiary/aromatic N) is 3. The molecule has 0 aliphatic heterocycles. The van der Waals surface area contributed by atoms with E-state index in [0.717, 1.165) is 30.5 Å². The van der Waals surface area contributed by atoms with E-state index in [0.29, 0.717) is 23.0 Å². The number of likely N-dealkylation sites (N-methyl/N-ethyl adjacent to an activating group) is 1. The number of hydrogen-bond donors (Lipinski definition) is 3.